The van der Waals surface area contributed by atoms with Crippen LogP contribution in [0.5, 0.6) is 5.75 Å². The van der Waals surface area contributed by atoms with Gasteiger partial charge in [0.15, 0.2) is 8.32 Å². The summed E-state index contributed by atoms with van der Waals surface area (Å²) in [6.07, 6.45) is 5.51. The maximum absolute atomic E-state index is 11.5. The first-order valence-electron chi connectivity index (χ1n) is 10.5. The van der Waals surface area contributed by atoms with Crippen LogP contribution in [0.4, 0.5) is 0 Å². The van der Waals surface area contributed by atoms with Crippen LogP contribution >= 0.6 is 0 Å². The molecular weight excluding hydrogens is 368 g/mol. The lowest BCUT2D eigenvalue weighted by Gasteiger charge is -2.42. The van der Waals surface area contributed by atoms with E-state index in [4.69, 9.17) is 13.9 Å². The van der Waals surface area contributed by atoms with Crippen molar-refractivity contribution in [3.63, 3.8) is 0 Å². The highest BCUT2D eigenvalue weighted by molar-refractivity contribution is 6.74. The van der Waals surface area contributed by atoms with Crippen LogP contribution in [-0.2, 0) is 14.0 Å². The van der Waals surface area contributed by atoms with E-state index in [1.165, 1.54) is 12.8 Å². The molecule has 1 aromatic carbocycles. The Labute approximate surface area is 172 Å². The van der Waals surface area contributed by atoms with Gasteiger partial charge < -0.3 is 18.7 Å². The second kappa shape index (κ2) is 9.55. The molecule has 2 unspecified atom stereocenters. The molecule has 0 N–H and O–H groups in total. The fourth-order valence-electron chi connectivity index (χ4n) is 3.48. The maximum Gasteiger partial charge on any atom is 0.193 e. The SMILES string of the molecule is COc1cc(C(O[Si](C)(C)C(C)(C)C)C(CC=O)OC2CCCC2)ccc1C. The second-order valence-corrected chi connectivity index (χ2v) is 14.3. The van der Waals surface area contributed by atoms with Gasteiger partial charge >= 0.3 is 0 Å². The standard InChI is InChI=1S/C23H38O4Si/c1-17-12-13-18(16-21(17)25-5)22(27-28(6,7)23(2,3)4)20(14-15-24)26-19-10-8-9-11-19/h12-13,15-16,19-20,22H,8-11,14H2,1-7H3. The minimum atomic E-state index is -2.08. The number of carbonyl (C=O) groups is 1. The minimum absolute atomic E-state index is 0.0686. The Balaban J connectivity index is 2.41. The van der Waals surface area contributed by atoms with Gasteiger partial charge in [0.05, 0.1) is 25.4 Å². The molecule has 158 valence electrons. The van der Waals surface area contributed by atoms with E-state index in [0.29, 0.717) is 6.42 Å². The number of aldehydes is 1. The Hall–Kier alpha value is -1.17. The van der Waals surface area contributed by atoms with Crippen molar-refractivity contribution in [3.8, 4) is 5.75 Å². The van der Waals surface area contributed by atoms with Crippen LogP contribution in [-0.4, -0.2) is 33.9 Å². The van der Waals surface area contributed by atoms with Gasteiger partial charge in [0, 0.05) is 6.42 Å². The van der Waals surface area contributed by atoms with E-state index in [1.54, 1.807) is 7.11 Å². The van der Waals surface area contributed by atoms with E-state index in [-0.39, 0.29) is 23.4 Å². The van der Waals surface area contributed by atoms with Crippen molar-refractivity contribution in [1.29, 1.82) is 0 Å². The number of hydrogen-bond acceptors (Lipinski definition) is 4. The lowest BCUT2D eigenvalue weighted by atomic mass is 10.00. The molecule has 1 aliphatic carbocycles. The van der Waals surface area contributed by atoms with Gasteiger partial charge in [-0.3, -0.25) is 0 Å². The van der Waals surface area contributed by atoms with E-state index in [0.717, 1.165) is 36.0 Å². The summed E-state index contributed by atoms with van der Waals surface area (Å²) in [6.45, 7) is 13.2. The van der Waals surface area contributed by atoms with Crippen molar-refractivity contribution in [2.24, 2.45) is 0 Å². The smallest absolute Gasteiger partial charge is 0.193 e. The molecule has 0 aliphatic heterocycles. The third-order valence-electron chi connectivity index (χ3n) is 6.32. The quantitative estimate of drug-likeness (QED) is 0.373. The van der Waals surface area contributed by atoms with Gasteiger partial charge in [-0.25, -0.2) is 0 Å². The summed E-state index contributed by atoms with van der Waals surface area (Å²) in [4.78, 5) is 11.5. The number of methoxy groups -OCH3 is 1. The number of benzene rings is 1. The van der Waals surface area contributed by atoms with Gasteiger partial charge in [0.1, 0.15) is 12.0 Å². The van der Waals surface area contributed by atoms with Crippen molar-refractivity contribution < 1.29 is 18.7 Å². The Morgan fingerprint density at radius 2 is 1.86 bits per heavy atom. The van der Waals surface area contributed by atoms with E-state index >= 15 is 0 Å². The van der Waals surface area contributed by atoms with Crippen molar-refractivity contribution in [2.75, 3.05) is 7.11 Å². The first-order valence-corrected chi connectivity index (χ1v) is 13.4. The van der Waals surface area contributed by atoms with Crippen molar-refractivity contribution in [3.05, 3.63) is 29.3 Å². The molecule has 2 rings (SSSR count). The zero-order valence-electron chi connectivity index (χ0n) is 18.7. The lowest BCUT2D eigenvalue weighted by Crippen LogP contribution is -2.44. The third kappa shape index (κ3) is 5.68. The fourth-order valence-corrected chi connectivity index (χ4v) is 4.76. The zero-order chi connectivity index (χ0) is 20.9. The Kier molecular flexibility index (Phi) is 7.88. The van der Waals surface area contributed by atoms with Gasteiger partial charge in [-0.2, -0.15) is 0 Å². The van der Waals surface area contributed by atoms with Crippen LogP contribution in [0.25, 0.3) is 0 Å². The monoisotopic (exact) mass is 406 g/mol. The third-order valence-corrected chi connectivity index (χ3v) is 10.8. The largest absolute Gasteiger partial charge is 0.496 e. The lowest BCUT2D eigenvalue weighted by molar-refractivity contribution is -0.117. The molecule has 1 fully saturated rings. The maximum atomic E-state index is 11.5. The van der Waals surface area contributed by atoms with Crippen LogP contribution in [0, 0.1) is 6.92 Å². The van der Waals surface area contributed by atoms with Crippen molar-refractivity contribution >= 4 is 14.6 Å². The van der Waals surface area contributed by atoms with Gasteiger partial charge in [0.25, 0.3) is 0 Å². The van der Waals surface area contributed by atoms with Crippen LogP contribution in [0.3, 0.4) is 0 Å². The molecule has 1 aromatic rings. The molecule has 0 heterocycles. The Bertz CT molecular complexity index is 644. The minimum Gasteiger partial charge on any atom is -0.496 e. The highest BCUT2D eigenvalue weighted by Crippen LogP contribution is 2.42. The van der Waals surface area contributed by atoms with Gasteiger partial charge in [-0.05, 0) is 55.1 Å². The number of ether oxygens (including phenoxy) is 2. The Morgan fingerprint density at radius 1 is 1.21 bits per heavy atom. The second-order valence-electron chi connectivity index (χ2n) is 9.51. The molecule has 0 spiro atoms. The predicted octanol–water partition coefficient (Wildman–Crippen LogP) is 5.98. The molecule has 1 saturated carbocycles. The van der Waals surface area contributed by atoms with Crippen LogP contribution < -0.4 is 4.74 Å². The zero-order valence-corrected chi connectivity index (χ0v) is 19.7. The van der Waals surface area contributed by atoms with Crippen LogP contribution in [0.1, 0.15) is 70.1 Å². The van der Waals surface area contributed by atoms with Crippen molar-refractivity contribution in [2.45, 2.75) is 96.2 Å². The average molecular weight is 407 g/mol. The highest BCUT2D eigenvalue weighted by atomic mass is 28.4. The summed E-state index contributed by atoms with van der Waals surface area (Å²) < 4.78 is 18.9. The van der Waals surface area contributed by atoms with E-state index in [1.807, 2.05) is 13.0 Å². The molecule has 28 heavy (non-hydrogen) atoms. The summed E-state index contributed by atoms with van der Waals surface area (Å²) in [5, 5.41) is 0.0686. The fraction of sp³-hybridized carbons (Fsp3) is 0.696. The highest BCUT2D eigenvalue weighted by Gasteiger charge is 2.42. The first kappa shape index (κ1) is 23.1. The van der Waals surface area contributed by atoms with Gasteiger partial charge in [0.2, 0.25) is 0 Å². The van der Waals surface area contributed by atoms with Crippen molar-refractivity contribution in [1.82, 2.24) is 0 Å². The molecule has 0 bridgehead atoms. The average Bonchev–Trinajstić information content (AvgIpc) is 3.12. The summed E-state index contributed by atoms with van der Waals surface area (Å²) in [5.41, 5.74) is 2.11. The summed E-state index contributed by atoms with van der Waals surface area (Å²) in [5.74, 6) is 0.840. The van der Waals surface area contributed by atoms with Crippen LogP contribution in [0.15, 0.2) is 18.2 Å². The van der Waals surface area contributed by atoms with Gasteiger partial charge in [-0.15, -0.1) is 0 Å². The van der Waals surface area contributed by atoms with E-state index < -0.39 is 8.32 Å². The topological polar surface area (TPSA) is 44.8 Å². The predicted molar refractivity (Wildman–Crippen MR) is 117 cm³/mol. The summed E-state index contributed by atoms with van der Waals surface area (Å²) in [6, 6.07) is 6.19. The molecule has 0 radical (unpaired) electrons. The molecule has 0 aromatic heterocycles. The van der Waals surface area contributed by atoms with Crippen LogP contribution in [0.2, 0.25) is 18.1 Å². The molecule has 4 nitrogen and oxygen atoms in total. The number of carbonyl (C=O) groups excluding carboxylic acids is 1. The molecule has 0 amide bonds. The molecule has 1 aliphatic rings. The molecule has 5 heteroatoms. The summed E-state index contributed by atoms with van der Waals surface area (Å²) in [7, 11) is -0.388. The Morgan fingerprint density at radius 3 is 2.39 bits per heavy atom. The number of hydrogen-bond donors (Lipinski definition) is 0. The van der Waals surface area contributed by atoms with E-state index in [9.17, 15) is 4.79 Å². The molecule has 2 atom stereocenters. The normalized spacial score (nSPS) is 18.1. The first-order chi connectivity index (χ1) is 13.1. The molecule has 0 saturated heterocycles. The molecular formula is C23H38O4Si. The number of rotatable bonds is 9. The van der Waals surface area contributed by atoms with E-state index in [2.05, 4.69) is 46.0 Å². The van der Waals surface area contributed by atoms with Gasteiger partial charge in [-0.1, -0.05) is 45.7 Å². The summed E-state index contributed by atoms with van der Waals surface area (Å²) >= 11 is 0. The number of aryl methyl sites for hydroxylation is 1.